The standard InChI is InChI=1S/C25H25N5OS/c31-24(20-6-7-20)29-12-10-16(14-29)15-30-23(27-28-25(30)32)19-4-1-17(2-5-19)21-8-3-18-9-11-26-22(18)13-21/h1-5,8-9,11,13,16,20,26H,6-7,10,12,14-15H2,(H,28,32)/t16-/m1/s1. The number of carbonyl (C=O) groups excluding carboxylic acids is 1. The maximum atomic E-state index is 12.4. The van der Waals surface area contributed by atoms with Crippen molar-refractivity contribution in [2.24, 2.45) is 11.8 Å². The Morgan fingerprint density at radius 1 is 1.03 bits per heavy atom. The van der Waals surface area contributed by atoms with Crippen molar-refractivity contribution in [3.8, 4) is 22.5 Å². The highest BCUT2D eigenvalue weighted by Crippen LogP contribution is 2.33. The Bertz CT molecular complexity index is 1340. The predicted molar refractivity (Wildman–Crippen MR) is 128 cm³/mol. The zero-order valence-corrected chi connectivity index (χ0v) is 18.6. The first-order chi connectivity index (χ1) is 15.7. The van der Waals surface area contributed by atoms with E-state index < -0.39 is 0 Å². The molecule has 1 saturated heterocycles. The smallest absolute Gasteiger partial charge is 0.225 e. The summed E-state index contributed by atoms with van der Waals surface area (Å²) in [5.74, 6) is 1.90. The number of hydrogen-bond donors (Lipinski definition) is 2. The number of aromatic amines is 2. The molecule has 1 aliphatic carbocycles. The summed E-state index contributed by atoms with van der Waals surface area (Å²) in [5.41, 5.74) is 4.51. The minimum atomic E-state index is 0.289. The largest absolute Gasteiger partial charge is 0.361 e. The van der Waals surface area contributed by atoms with Gasteiger partial charge in [-0.25, -0.2) is 0 Å². The van der Waals surface area contributed by atoms with Crippen molar-refractivity contribution < 1.29 is 4.79 Å². The first-order valence-electron chi connectivity index (χ1n) is 11.3. The number of fused-ring (bicyclic) bond motifs is 1. The maximum absolute atomic E-state index is 12.4. The van der Waals surface area contributed by atoms with Gasteiger partial charge >= 0.3 is 0 Å². The van der Waals surface area contributed by atoms with Crippen molar-refractivity contribution in [2.45, 2.75) is 25.8 Å². The van der Waals surface area contributed by atoms with E-state index in [9.17, 15) is 4.79 Å². The lowest BCUT2D eigenvalue weighted by molar-refractivity contribution is -0.131. The first-order valence-corrected chi connectivity index (χ1v) is 11.7. The zero-order chi connectivity index (χ0) is 21.7. The average molecular weight is 444 g/mol. The molecule has 2 N–H and O–H groups in total. The van der Waals surface area contributed by atoms with Gasteiger partial charge < -0.3 is 9.88 Å². The van der Waals surface area contributed by atoms with Crippen LogP contribution in [0.15, 0.2) is 54.7 Å². The van der Waals surface area contributed by atoms with E-state index in [1.54, 1.807) is 0 Å². The summed E-state index contributed by atoms with van der Waals surface area (Å²) in [4.78, 5) is 17.7. The normalized spacial score (nSPS) is 18.5. The van der Waals surface area contributed by atoms with Gasteiger partial charge in [-0.3, -0.25) is 14.5 Å². The van der Waals surface area contributed by atoms with Crippen LogP contribution < -0.4 is 0 Å². The van der Waals surface area contributed by atoms with E-state index in [-0.39, 0.29) is 5.92 Å². The molecule has 162 valence electrons. The van der Waals surface area contributed by atoms with Crippen molar-refractivity contribution in [3.05, 3.63) is 59.5 Å². The summed E-state index contributed by atoms with van der Waals surface area (Å²) in [5, 5.41) is 8.70. The van der Waals surface area contributed by atoms with E-state index in [0.717, 1.165) is 61.4 Å². The van der Waals surface area contributed by atoms with E-state index in [4.69, 9.17) is 12.2 Å². The Kier molecular flexibility index (Phi) is 4.72. The molecule has 1 saturated carbocycles. The molecule has 32 heavy (non-hydrogen) atoms. The third kappa shape index (κ3) is 3.56. The highest BCUT2D eigenvalue weighted by molar-refractivity contribution is 7.71. The van der Waals surface area contributed by atoms with E-state index in [1.807, 2.05) is 11.1 Å². The molecule has 1 amide bonds. The summed E-state index contributed by atoms with van der Waals surface area (Å²) in [6.45, 7) is 2.46. The second-order valence-corrected chi connectivity index (χ2v) is 9.42. The molecule has 2 aliphatic rings. The maximum Gasteiger partial charge on any atom is 0.225 e. The van der Waals surface area contributed by atoms with Crippen LogP contribution in [0, 0.1) is 16.6 Å². The molecule has 6 nitrogen and oxygen atoms in total. The van der Waals surface area contributed by atoms with Gasteiger partial charge in [-0.15, -0.1) is 0 Å². The van der Waals surface area contributed by atoms with Crippen molar-refractivity contribution in [1.82, 2.24) is 24.6 Å². The number of likely N-dealkylation sites (tertiary alicyclic amines) is 1. The van der Waals surface area contributed by atoms with E-state index >= 15 is 0 Å². The van der Waals surface area contributed by atoms with Crippen molar-refractivity contribution >= 4 is 29.0 Å². The van der Waals surface area contributed by atoms with Gasteiger partial charge in [0.15, 0.2) is 10.6 Å². The molecule has 4 aromatic rings. The Labute approximate surface area is 191 Å². The summed E-state index contributed by atoms with van der Waals surface area (Å²) < 4.78 is 2.72. The second kappa shape index (κ2) is 7.74. The number of nitrogens with one attached hydrogen (secondary N) is 2. The third-order valence-corrected chi connectivity index (χ3v) is 7.07. The van der Waals surface area contributed by atoms with Gasteiger partial charge in [-0.1, -0.05) is 36.4 Å². The summed E-state index contributed by atoms with van der Waals surface area (Å²) >= 11 is 5.54. The minimum absolute atomic E-state index is 0.289. The van der Waals surface area contributed by atoms with E-state index in [1.165, 1.54) is 10.9 Å². The summed E-state index contributed by atoms with van der Waals surface area (Å²) in [6.07, 6.45) is 5.11. The van der Waals surface area contributed by atoms with Gasteiger partial charge in [-0.05, 0) is 66.0 Å². The van der Waals surface area contributed by atoms with Gasteiger partial charge in [0, 0.05) is 42.8 Å². The molecular weight excluding hydrogens is 418 g/mol. The minimum Gasteiger partial charge on any atom is -0.361 e. The van der Waals surface area contributed by atoms with Crippen LogP contribution in [0.25, 0.3) is 33.4 Å². The lowest BCUT2D eigenvalue weighted by Crippen LogP contribution is -2.30. The van der Waals surface area contributed by atoms with Crippen LogP contribution in [-0.2, 0) is 11.3 Å². The van der Waals surface area contributed by atoms with Crippen LogP contribution in [0.4, 0.5) is 0 Å². The lowest BCUT2D eigenvalue weighted by atomic mass is 10.0. The fourth-order valence-corrected chi connectivity index (χ4v) is 4.98. The van der Waals surface area contributed by atoms with Crippen LogP contribution in [0.5, 0.6) is 0 Å². The van der Waals surface area contributed by atoms with Crippen LogP contribution >= 0.6 is 12.2 Å². The highest BCUT2D eigenvalue weighted by atomic mass is 32.1. The fraction of sp³-hybridized carbons (Fsp3) is 0.320. The van der Waals surface area contributed by atoms with Crippen molar-refractivity contribution in [1.29, 1.82) is 0 Å². The van der Waals surface area contributed by atoms with Gasteiger partial charge in [0.1, 0.15) is 0 Å². The SMILES string of the molecule is O=C(C1CC1)N1CC[C@@H](Cn2c(-c3ccc(-c4ccc5cc[nH]c5c4)cc3)n[nH]c2=S)C1. The molecule has 0 bridgehead atoms. The van der Waals surface area contributed by atoms with Gasteiger partial charge in [-0.2, -0.15) is 5.10 Å². The average Bonchev–Trinajstić information content (AvgIpc) is 3.21. The Morgan fingerprint density at radius 2 is 1.81 bits per heavy atom. The second-order valence-electron chi connectivity index (χ2n) is 9.03. The summed E-state index contributed by atoms with van der Waals surface area (Å²) in [6, 6.07) is 17.0. The number of benzene rings is 2. The van der Waals surface area contributed by atoms with Crippen LogP contribution in [-0.4, -0.2) is 43.6 Å². The molecule has 2 aromatic heterocycles. The number of nitrogens with zero attached hydrogens (tertiary/aromatic N) is 3. The van der Waals surface area contributed by atoms with Gasteiger partial charge in [0.05, 0.1) is 0 Å². The van der Waals surface area contributed by atoms with E-state index in [2.05, 4.69) is 68.3 Å². The number of rotatable bonds is 5. The molecule has 3 heterocycles. The highest BCUT2D eigenvalue weighted by Gasteiger charge is 2.36. The fourth-order valence-electron chi connectivity index (χ4n) is 4.78. The zero-order valence-electron chi connectivity index (χ0n) is 17.8. The molecule has 6 rings (SSSR count). The molecule has 2 fully saturated rings. The number of aromatic nitrogens is 4. The Balaban J connectivity index is 1.22. The topological polar surface area (TPSA) is 69.7 Å². The van der Waals surface area contributed by atoms with E-state index in [0.29, 0.717) is 16.6 Å². The third-order valence-electron chi connectivity index (χ3n) is 6.75. The number of carbonyl (C=O) groups is 1. The number of amides is 1. The monoisotopic (exact) mass is 443 g/mol. The van der Waals surface area contributed by atoms with Crippen molar-refractivity contribution in [2.75, 3.05) is 13.1 Å². The molecule has 0 radical (unpaired) electrons. The predicted octanol–water partition coefficient (Wildman–Crippen LogP) is 5.01. The summed E-state index contributed by atoms with van der Waals surface area (Å²) in [7, 11) is 0. The quantitative estimate of drug-likeness (QED) is 0.426. The Hall–Kier alpha value is -3.19. The van der Waals surface area contributed by atoms with Crippen molar-refractivity contribution in [3.63, 3.8) is 0 Å². The van der Waals surface area contributed by atoms with Crippen LogP contribution in [0.1, 0.15) is 19.3 Å². The molecular formula is C25H25N5OS. The Morgan fingerprint density at radius 3 is 2.62 bits per heavy atom. The molecule has 7 heteroatoms. The molecule has 1 aliphatic heterocycles. The lowest BCUT2D eigenvalue weighted by Gasteiger charge is -2.17. The van der Waals surface area contributed by atoms with Crippen LogP contribution in [0.2, 0.25) is 0 Å². The molecule has 2 aromatic carbocycles. The molecule has 1 atom stereocenters. The van der Waals surface area contributed by atoms with Gasteiger partial charge in [0.2, 0.25) is 5.91 Å². The number of hydrogen-bond acceptors (Lipinski definition) is 3. The first kappa shape index (κ1) is 19.5. The molecule has 0 unspecified atom stereocenters. The van der Waals surface area contributed by atoms with Crippen LogP contribution in [0.3, 0.4) is 0 Å². The van der Waals surface area contributed by atoms with Gasteiger partial charge in [0.25, 0.3) is 0 Å². The number of H-pyrrole nitrogens is 2. The molecule has 0 spiro atoms.